The smallest absolute Gasteiger partial charge is 0.220 e. The van der Waals surface area contributed by atoms with Gasteiger partial charge >= 0.3 is 0 Å². The van der Waals surface area contributed by atoms with Crippen LogP contribution in [0.1, 0.15) is 194 Å². The number of carbonyl (C=O) groups is 1. The molecule has 0 radical (unpaired) electrons. The standard InChI is InChI=1S/C52H91NO8/c1-3-5-7-9-11-13-14-15-16-17-18-19-20-21-22-23-24-25-26-27-28-29-30-31-32-34-36-38-40-42-48(56)53-45(46(55)41-39-37-35-33-12-10-8-6-4-2)44-60-52-51(59)50(58)49(57)47(43-54)61-52/h5,7,11,13,15-16,18-19,21-22,24-25,45-47,49-52,54-55,57-59H,3-4,6,8-10,12,14,17,20,23,26-44H2,1-2H3,(H,53,56)/b7-5-,13-11-,16-15-,19-18-,22-21-,25-24-. The van der Waals surface area contributed by atoms with E-state index in [0.717, 1.165) is 83.5 Å². The van der Waals surface area contributed by atoms with Crippen molar-refractivity contribution in [1.82, 2.24) is 5.32 Å². The van der Waals surface area contributed by atoms with Gasteiger partial charge in [0.15, 0.2) is 6.29 Å². The van der Waals surface area contributed by atoms with Crippen LogP contribution in [0.25, 0.3) is 0 Å². The molecule has 0 aromatic rings. The molecule has 1 fully saturated rings. The molecular weight excluding hydrogens is 767 g/mol. The first-order valence-corrected chi connectivity index (χ1v) is 24.6. The topological polar surface area (TPSA) is 149 Å². The Morgan fingerprint density at radius 2 is 1.02 bits per heavy atom. The van der Waals surface area contributed by atoms with Gasteiger partial charge in [-0.25, -0.2) is 0 Å². The molecule has 1 saturated heterocycles. The molecule has 1 rings (SSSR count). The molecule has 352 valence electrons. The van der Waals surface area contributed by atoms with Crippen molar-refractivity contribution in [2.45, 2.75) is 236 Å². The molecule has 7 unspecified atom stereocenters. The lowest BCUT2D eigenvalue weighted by molar-refractivity contribution is -0.302. The van der Waals surface area contributed by atoms with E-state index in [-0.39, 0.29) is 12.5 Å². The summed E-state index contributed by atoms with van der Waals surface area (Å²) in [6, 6.07) is -0.723. The highest BCUT2D eigenvalue weighted by atomic mass is 16.7. The summed E-state index contributed by atoms with van der Waals surface area (Å²) in [6.07, 6.45) is 49.3. The van der Waals surface area contributed by atoms with Crippen LogP contribution in [0.2, 0.25) is 0 Å². The van der Waals surface area contributed by atoms with E-state index in [1.807, 2.05) is 0 Å². The molecule has 0 aromatic carbocycles. The van der Waals surface area contributed by atoms with Crippen LogP contribution in [0.5, 0.6) is 0 Å². The normalized spacial score (nSPS) is 21.1. The van der Waals surface area contributed by atoms with Crippen molar-refractivity contribution in [3.05, 3.63) is 72.9 Å². The molecule has 1 amide bonds. The largest absolute Gasteiger partial charge is 0.394 e. The Morgan fingerprint density at radius 3 is 1.51 bits per heavy atom. The first kappa shape index (κ1) is 56.6. The van der Waals surface area contributed by atoms with Crippen molar-refractivity contribution in [3.8, 4) is 0 Å². The third kappa shape index (κ3) is 32.0. The average Bonchev–Trinajstić information content (AvgIpc) is 3.26. The Hall–Kier alpha value is -2.37. The predicted octanol–water partition coefficient (Wildman–Crippen LogP) is 10.9. The number of carbonyl (C=O) groups excluding carboxylic acids is 1. The average molecular weight is 858 g/mol. The minimum absolute atomic E-state index is 0.143. The van der Waals surface area contributed by atoms with Crippen LogP contribution in [-0.4, -0.2) is 87.5 Å². The lowest BCUT2D eigenvalue weighted by Gasteiger charge is -2.40. The zero-order valence-electron chi connectivity index (χ0n) is 38.6. The van der Waals surface area contributed by atoms with Crippen molar-refractivity contribution in [2.24, 2.45) is 0 Å². The number of nitrogens with one attached hydrogen (secondary N) is 1. The van der Waals surface area contributed by atoms with Gasteiger partial charge in [-0.2, -0.15) is 0 Å². The predicted molar refractivity (Wildman–Crippen MR) is 253 cm³/mol. The Balaban J connectivity index is 2.18. The van der Waals surface area contributed by atoms with Crippen LogP contribution in [0.3, 0.4) is 0 Å². The van der Waals surface area contributed by atoms with Crippen LogP contribution < -0.4 is 5.32 Å². The number of rotatable bonds is 40. The van der Waals surface area contributed by atoms with E-state index in [1.54, 1.807) is 0 Å². The molecule has 61 heavy (non-hydrogen) atoms. The summed E-state index contributed by atoms with van der Waals surface area (Å²) in [5.74, 6) is -0.155. The van der Waals surface area contributed by atoms with Crippen molar-refractivity contribution < 1.29 is 39.8 Å². The van der Waals surface area contributed by atoms with E-state index in [0.29, 0.717) is 12.8 Å². The fourth-order valence-corrected chi connectivity index (χ4v) is 7.40. The van der Waals surface area contributed by atoms with Gasteiger partial charge in [-0.3, -0.25) is 4.79 Å². The molecule has 1 aliphatic heterocycles. The Morgan fingerprint density at radius 1 is 0.574 bits per heavy atom. The zero-order valence-corrected chi connectivity index (χ0v) is 38.6. The van der Waals surface area contributed by atoms with Gasteiger partial charge in [0.25, 0.3) is 0 Å². The van der Waals surface area contributed by atoms with Crippen molar-refractivity contribution in [3.63, 3.8) is 0 Å². The highest BCUT2D eigenvalue weighted by Gasteiger charge is 2.44. The van der Waals surface area contributed by atoms with Gasteiger partial charge < -0.3 is 40.3 Å². The summed E-state index contributed by atoms with van der Waals surface area (Å²) in [7, 11) is 0. The first-order valence-electron chi connectivity index (χ1n) is 24.6. The third-order valence-electron chi connectivity index (χ3n) is 11.3. The molecule has 1 aliphatic rings. The van der Waals surface area contributed by atoms with Crippen LogP contribution in [0.4, 0.5) is 0 Å². The molecule has 0 saturated carbocycles. The number of hydrogen-bond acceptors (Lipinski definition) is 8. The van der Waals surface area contributed by atoms with E-state index >= 15 is 0 Å². The molecule has 0 aromatic heterocycles. The van der Waals surface area contributed by atoms with Crippen LogP contribution in [-0.2, 0) is 14.3 Å². The Labute approximate surface area is 372 Å². The highest BCUT2D eigenvalue weighted by molar-refractivity contribution is 5.76. The molecular formula is C52H91NO8. The second-order valence-corrected chi connectivity index (χ2v) is 16.9. The van der Waals surface area contributed by atoms with Gasteiger partial charge in [-0.1, -0.05) is 196 Å². The molecule has 0 spiro atoms. The lowest BCUT2D eigenvalue weighted by atomic mass is 9.99. The summed E-state index contributed by atoms with van der Waals surface area (Å²) in [4.78, 5) is 13.0. The Kier molecular flexibility index (Phi) is 38.7. The fraction of sp³-hybridized carbons (Fsp3) is 0.750. The molecule has 0 bridgehead atoms. The second kappa shape index (κ2) is 41.6. The maximum absolute atomic E-state index is 13.0. The number of aliphatic hydroxyl groups is 5. The highest BCUT2D eigenvalue weighted by Crippen LogP contribution is 2.23. The summed E-state index contributed by atoms with van der Waals surface area (Å²) >= 11 is 0. The van der Waals surface area contributed by atoms with Crippen molar-refractivity contribution in [2.75, 3.05) is 13.2 Å². The summed E-state index contributed by atoms with van der Waals surface area (Å²) < 4.78 is 11.2. The Bertz CT molecular complexity index is 1180. The monoisotopic (exact) mass is 858 g/mol. The quantitative estimate of drug-likeness (QED) is 0.0264. The summed E-state index contributed by atoms with van der Waals surface area (Å²) in [5, 5.41) is 54.2. The second-order valence-electron chi connectivity index (χ2n) is 16.9. The molecule has 6 N–H and O–H groups in total. The lowest BCUT2D eigenvalue weighted by Crippen LogP contribution is -2.60. The number of hydrogen-bond donors (Lipinski definition) is 6. The number of unbranched alkanes of at least 4 members (excludes halogenated alkanes) is 18. The van der Waals surface area contributed by atoms with Gasteiger partial charge in [-0.15, -0.1) is 0 Å². The van der Waals surface area contributed by atoms with Crippen LogP contribution in [0, 0.1) is 0 Å². The summed E-state index contributed by atoms with van der Waals surface area (Å²) in [6.45, 7) is 3.68. The van der Waals surface area contributed by atoms with Gasteiger partial charge in [-0.05, 0) is 64.2 Å². The van der Waals surface area contributed by atoms with Gasteiger partial charge in [0.1, 0.15) is 24.4 Å². The molecule has 7 atom stereocenters. The number of allylic oxidation sites excluding steroid dienone is 12. The number of amides is 1. The maximum atomic E-state index is 13.0. The van der Waals surface area contributed by atoms with E-state index < -0.39 is 49.5 Å². The van der Waals surface area contributed by atoms with Crippen molar-refractivity contribution >= 4 is 5.91 Å². The van der Waals surface area contributed by atoms with E-state index in [1.165, 1.54) is 83.5 Å². The fourth-order valence-electron chi connectivity index (χ4n) is 7.40. The van der Waals surface area contributed by atoms with E-state index in [4.69, 9.17) is 9.47 Å². The molecule has 9 nitrogen and oxygen atoms in total. The minimum Gasteiger partial charge on any atom is -0.394 e. The first-order chi connectivity index (χ1) is 29.8. The molecule has 1 heterocycles. The van der Waals surface area contributed by atoms with E-state index in [2.05, 4.69) is 92.1 Å². The third-order valence-corrected chi connectivity index (χ3v) is 11.3. The minimum atomic E-state index is -1.56. The van der Waals surface area contributed by atoms with Crippen LogP contribution >= 0.6 is 0 Å². The van der Waals surface area contributed by atoms with Gasteiger partial charge in [0.05, 0.1) is 25.4 Å². The summed E-state index contributed by atoms with van der Waals surface area (Å²) in [5.41, 5.74) is 0. The number of aliphatic hydroxyl groups excluding tert-OH is 5. The van der Waals surface area contributed by atoms with Crippen LogP contribution in [0.15, 0.2) is 72.9 Å². The van der Waals surface area contributed by atoms with Gasteiger partial charge in [0, 0.05) is 6.42 Å². The number of ether oxygens (including phenoxy) is 2. The van der Waals surface area contributed by atoms with Gasteiger partial charge in [0.2, 0.25) is 5.91 Å². The zero-order chi connectivity index (χ0) is 44.4. The molecule has 9 heteroatoms. The van der Waals surface area contributed by atoms with Crippen molar-refractivity contribution in [1.29, 1.82) is 0 Å². The molecule has 0 aliphatic carbocycles. The van der Waals surface area contributed by atoms with E-state index in [9.17, 15) is 30.3 Å². The maximum Gasteiger partial charge on any atom is 0.220 e. The SMILES string of the molecule is CC/C=C\C/C=C\C/C=C\C/C=C\C/C=C\C/C=C\CCCCCCCCCCCCC(=O)NC(COC1OC(CO)C(O)C(O)C1O)C(O)CCCCCCCCCCC.